The number of aromatic nitrogens is 1. The lowest BCUT2D eigenvalue weighted by atomic mass is 10.1. The molecule has 0 N–H and O–H groups in total. The molecule has 1 aromatic heterocycles. The Morgan fingerprint density at radius 3 is 2.32 bits per heavy atom. The van der Waals surface area contributed by atoms with E-state index in [0.29, 0.717) is 27.7 Å². The van der Waals surface area contributed by atoms with Gasteiger partial charge in [0.25, 0.3) is 10.0 Å². The normalized spacial score (nSPS) is 12.0. The van der Waals surface area contributed by atoms with Gasteiger partial charge in [-0.25, -0.2) is 4.39 Å². The molecule has 0 fully saturated rings. The van der Waals surface area contributed by atoms with E-state index >= 15 is 0 Å². The summed E-state index contributed by atoms with van der Waals surface area (Å²) in [4.78, 5) is 12.6. The highest BCUT2D eigenvalue weighted by Crippen LogP contribution is 2.33. The Morgan fingerprint density at radius 1 is 1.00 bits per heavy atom. The number of fused-ring (bicyclic) bond motifs is 1. The molecule has 0 radical (unpaired) electrons. The minimum atomic E-state index is -3.96. The van der Waals surface area contributed by atoms with Crippen LogP contribution in [0.15, 0.2) is 82.1 Å². The van der Waals surface area contributed by atoms with Crippen molar-refractivity contribution in [2.75, 3.05) is 0 Å². The minimum Gasteiger partial charge on any atom is -0.279 e. The maximum absolute atomic E-state index is 14.0. The van der Waals surface area contributed by atoms with Crippen molar-refractivity contribution in [3.8, 4) is 11.3 Å². The number of nitrogens with zero attached hydrogens (tertiary/aromatic N) is 2. The summed E-state index contributed by atoms with van der Waals surface area (Å²) in [5.74, 6) is -0.821. The second-order valence-electron chi connectivity index (χ2n) is 7.17. The average molecular weight is 434 g/mol. The summed E-state index contributed by atoms with van der Waals surface area (Å²) in [5, 5.41) is 0.526. The first-order valence-corrected chi connectivity index (χ1v) is 11.0. The van der Waals surface area contributed by atoms with Crippen LogP contribution in [0.1, 0.15) is 22.8 Å². The van der Waals surface area contributed by atoms with E-state index in [1.807, 2.05) is 25.1 Å². The Kier molecular flexibility index (Phi) is 5.29. The fraction of sp³-hybridized carbons (Fsp3) is 0.0833. The monoisotopic (exact) mass is 434 g/mol. The third kappa shape index (κ3) is 3.92. The first kappa shape index (κ1) is 20.7. The van der Waals surface area contributed by atoms with Crippen LogP contribution in [0.2, 0.25) is 0 Å². The summed E-state index contributed by atoms with van der Waals surface area (Å²) in [6, 6.07) is 19.5. The third-order valence-corrected chi connectivity index (χ3v) is 6.22. The average Bonchev–Trinajstić information content (AvgIpc) is 3.07. The molecule has 0 spiro atoms. The van der Waals surface area contributed by atoms with Crippen molar-refractivity contribution in [3.05, 3.63) is 89.7 Å². The van der Waals surface area contributed by atoms with E-state index in [2.05, 4.69) is 4.40 Å². The van der Waals surface area contributed by atoms with Gasteiger partial charge >= 0.3 is 0 Å². The number of sulfonamides is 1. The molecule has 0 saturated heterocycles. The zero-order valence-corrected chi connectivity index (χ0v) is 17.7. The lowest BCUT2D eigenvalue weighted by Gasteiger charge is -2.08. The number of halogens is 1. The molecule has 5 nitrogen and oxygen atoms in total. The number of hydrogen-bond acceptors (Lipinski definition) is 3. The Balaban J connectivity index is 1.98. The molecule has 4 aromatic rings. The van der Waals surface area contributed by atoms with Gasteiger partial charge < -0.3 is 0 Å². The van der Waals surface area contributed by atoms with Crippen LogP contribution in [0.3, 0.4) is 0 Å². The summed E-state index contributed by atoms with van der Waals surface area (Å²) < 4.78 is 44.8. The maximum Gasteiger partial charge on any atom is 0.282 e. The van der Waals surface area contributed by atoms with Crippen LogP contribution in [0.5, 0.6) is 0 Å². The van der Waals surface area contributed by atoms with Gasteiger partial charge in [-0.2, -0.15) is 12.8 Å². The Bertz CT molecular complexity index is 1420. The number of aryl methyl sites for hydroxylation is 1. The summed E-state index contributed by atoms with van der Waals surface area (Å²) >= 11 is 0. The molecule has 4 rings (SSSR count). The predicted octanol–water partition coefficient (Wildman–Crippen LogP) is 5.22. The van der Waals surface area contributed by atoms with E-state index in [1.54, 1.807) is 24.3 Å². The van der Waals surface area contributed by atoms with E-state index in [1.165, 1.54) is 48.0 Å². The minimum absolute atomic E-state index is 0.0666. The molecule has 0 unspecified atom stereocenters. The summed E-state index contributed by atoms with van der Waals surface area (Å²) in [7, 11) is -3.96. The van der Waals surface area contributed by atoms with Crippen molar-refractivity contribution in [1.82, 2.24) is 4.57 Å². The highest BCUT2D eigenvalue weighted by Gasteiger charge is 2.21. The summed E-state index contributed by atoms with van der Waals surface area (Å²) in [6.45, 7) is 3.24. The van der Waals surface area contributed by atoms with E-state index in [9.17, 15) is 17.6 Å². The van der Waals surface area contributed by atoms with Crippen LogP contribution >= 0.6 is 0 Å². The Hall–Kier alpha value is -3.58. The molecule has 156 valence electrons. The van der Waals surface area contributed by atoms with Crippen molar-refractivity contribution < 1.29 is 17.6 Å². The number of rotatable bonds is 4. The van der Waals surface area contributed by atoms with Crippen molar-refractivity contribution in [1.29, 1.82) is 0 Å². The zero-order chi connectivity index (χ0) is 22.2. The summed E-state index contributed by atoms with van der Waals surface area (Å²) in [5.41, 5.74) is 2.84. The molecule has 0 saturated carbocycles. The van der Waals surface area contributed by atoms with Crippen molar-refractivity contribution in [2.45, 2.75) is 18.7 Å². The maximum atomic E-state index is 14.0. The van der Waals surface area contributed by atoms with Gasteiger partial charge in [0.1, 0.15) is 5.82 Å². The van der Waals surface area contributed by atoms with Crippen LogP contribution in [0.25, 0.3) is 22.2 Å². The molecule has 0 amide bonds. The van der Waals surface area contributed by atoms with Gasteiger partial charge in [-0.15, -0.1) is 0 Å². The van der Waals surface area contributed by atoms with Crippen LogP contribution in [-0.2, 0) is 10.0 Å². The van der Waals surface area contributed by atoms with Gasteiger partial charge in [0.2, 0.25) is 5.91 Å². The SMILES string of the molecule is CC(=O)n1c(-c2ccccc2)c(/C=N/S(=O)(=O)c2ccc(C)cc2)c2ccc(F)cc21. The second-order valence-corrected chi connectivity index (χ2v) is 8.80. The van der Waals surface area contributed by atoms with Gasteiger partial charge in [-0.3, -0.25) is 9.36 Å². The van der Waals surface area contributed by atoms with E-state index in [4.69, 9.17) is 0 Å². The largest absolute Gasteiger partial charge is 0.282 e. The van der Waals surface area contributed by atoms with Crippen molar-refractivity contribution >= 4 is 33.0 Å². The molecule has 3 aromatic carbocycles. The smallest absolute Gasteiger partial charge is 0.279 e. The zero-order valence-electron chi connectivity index (χ0n) is 16.9. The fourth-order valence-electron chi connectivity index (χ4n) is 3.52. The third-order valence-electron chi connectivity index (χ3n) is 4.97. The van der Waals surface area contributed by atoms with Gasteiger partial charge in [-0.05, 0) is 42.8 Å². The second kappa shape index (κ2) is 7.92. The molecule has 0 aliphatic heterocycles. The first-order chi connectivity index (χ1) is 14.8. The van der Waals surface area contributed by atoms with Crippen molar-refractivity contribution in [3.63, 3.8) is 0 Å². The lowest BCUT2D eigenvalue weighted by Crippen LogP contribution is -2.08. The number of carbonyl (C=O) groups is 1. The van der Waals surface area contributed by atoms with E-state index < -0.39 is 15.8 Å². The highest BCUT2D eigenvalue weighted by atomic mass is 32.2. The molecule has 0 aliphatic carbocycles. The van der Waals surface area contributed by atoms with E-state index in [0.717, 1.165) is 5.56 Å². The van der Waals surface area contributed by atoms with Crippen LogP contribution in [0.4, 0.5) is 4.39 Å². The molecular formula is C24H19FN2O3S. The van der Waals surface area contributed by atoms with Crippen LogP contribution < -0.4 is 0 Å². The Labute approximate surface area is 179 Å². The molecule has 1 heterocycles. The molecule has 0 atom stereocenters. The highest BCUT2D eigenvalue weighted by molar-refractivity contribution is 7.90. The molecule has 0 aliphatic rings. The quantitative estimate of drug-likeness (QED) is 0.413. The van der Waals surface area contributed by atoms with Gasteiger partial charge in [-0.1, -0.05) is 48.0 Å². The topological polar surface area (TPSA) is 68.5 Å². The van der Waals surface area contributed by atoms with Crippen LogP contribution in [-0.4, -0.2) is 25.1 Å². The standard InChI is InChI=1S/C24H19FN2O3S/c1-16-8-11-20(12-9-16)31(29,30)26-15-22-21-13-10-19(25)14-23(21)27(17(2)28)24(22)18-6-4-3-5-7-18/h3-15H,1-2H3/b26-15+. The molecule has 31 heavy (non-hydrogen) atoms. The lowest BCUT2D eigenvalue weighted by molar-refractivity contribution is 0.0943. The van der Waals surface area contributed by atoms with Gasteiger partial charge in [0.15, 0.2) is 0 Å². The number of benzene rings is 3. The first-order valence-electron chi connectivity index (χ1n) is 9.55. The molecular weight excluding hydrogens is 415 g/mol. The molecule has 0 bridgehead atoms. The van der Waals surface area contributed by atoms with Crippen LogP contribution in [0, 0.1) is 12.7 Å². The number of carbonyl (C=O) groups excluding carboxylic acids is 1. The van der Waals surface area contributed by atoms with Gasteiger partial charge in [0.05, 0.1) is 22.3 Å². The Morgan fingerprint density at radius 2 is 1.68 bits per heavy atom. The fourth-order valence-corrected chi connectivity index (χ4v) is 4.36. The molecule has 7 heteroatoms. The van der Waals surface area contributed by atoms with Gasteiger partial charge in [0, 0.05) is 17.9 Å². The van der Waals surface area contributed by atoms with Crippen molar-refractivity contribution in [2.24, 2.45) is 4.40 Å². The summed E-state index contributed by atoms with van der Waals surface area (Å²) in [6.07, 6.45) is 1.23. The number of hydrogen-bond donors (Lipinski definition) is 0. The predicted molar refractivity (Wildman–Crippen MR) is 120 cm³/mol. The van der Waals surface area contributed by atoms with E-state index in [-0.39, 0.29) is 10.8 Å².